The number of halogens is 2. The van der Waals surface area contributed by atoms with Crippen molar-refractivity contribution in [1.29, 1.82) is 0 Å². The van der Waals surface area contributed by atoms with Gasteiger partial charge in [-0.1, -0.05) is 13.0 Å². The van der Waals surface area contributed by atoms with E-state index in [2.05, 4.69) is 23.2 Å². The van der Waals surface area contributed by atoms with Gasteiger partial charge in [-0.3, -0.25) is 0 Å². The Morgan fingerprint density at radius 2 is 2.18 bits per heavy atom. The molecule has 0 radical (unpaired) electrons. The van der Waals surface area contributed by atoms with Gasteiger partial charge in [-0.25, -0.2) is 0 Å². The minimum absolute atomic E-state index is 0. The summed E-state index contributed by atoms with van der Waals surface area (Å²) in [5.41, 5.74) is 1.13. The fraction of sp³-hybridized carbons (Fsp3) is 0.500. The average molecular weight is 368 g/mol. The Bertz CT molecular complexity index is 336. The first-order valence-corrected chi connectivity index (χ1v) is 5.57. The molecular weight excluding hydrogens is 348 g/mol. The van der Waals surface area contributed by atoms with Gasteiger partial charge in [0.05, 0.1) is 0 Å². The normalized spacial score (nSPS) is 19.1. The summed E-state index contributed by atoms with van der Waals surface area (Å²) >= 11 is 0. The first-order valence-electron chi connectivity index (χ1n) is 5.57. The number of phenolic OH excluding ortho intramolecular Hbond substituents is 1. The first-order chi connectivity index (χ1) is 7.31. The number of nitrogens with one attached hydrogen (secondary N) is 1. The van der Waals surface area contributed by atoms with Crippen LogP contribution in [0.15, 0.2) is 24.3 Å². The Morgan fingerprint density at radius 3 is 2.82 bits per heavy atom. The van der Waals surface area contributed by atoms with E-state index in [9.17, 15) is 5.11 Å². The maximum absolute atomic E-state index is 9.46. The number of benzene rings is 1. The molecule has 0 spiro atoms. The summed E-state index contributed by atoms with van der Waals surface area (Å²) in [6, 6.07) is 8.06. The second kappa shape index (κ2) is 7.95. The monoisotopic (exact) mass is 366 g/mol. The van der Waals surface area contributed by atoms with Crippen LogP contribution < -0.4 is 10.2 Å². The summed E-state index contributed by atoms with van der Waals surface area (Å²) in [6.07, 6.45) is 1.13. The molecule has 0 aromatic heterocycles. The lowest BCUT2D eigenvalue weighted by Gasteiger charge is -2.37. The zero-order valence-electron chi connectivity index (χ0n) is 9.93. The van der Waals surface area contributed by atoms with Gasteiger partial charge in [-0.15, -0.1) is 34.0 Å². The van der Waals surface area contributed by atoms with Crippen LogP contribution in [0.4, 0.5) is 5.69 Å². The number of anilines is 1. The molecule has 0 saturated carbocycles. The van der Waals surface area contributed by atoms with Gasteiger partial charge in [0.15, 0.2) is 0 Å². The predicted octanol–water partition coefficient (Wildman–Crippen LogP) is 2.74. The van der Waals surface area contributed by atoms with Crippen molar-refractivity contribution >= 4 is 39.7 Å². The van der Waals surface area contributed by atoms with Gasteiger partial charge < -0.3 is 15.3 Å². The van der Waals surface area contributed by atoms with Crippen molar-refractivity contribution in [3.05, 3.63) is 24.3 Å². The third-order valence-electron chi connectivity index (χ3n) is 2.98. The number of aromatic hydroxyl groups is 1. The molecule has 1 aromatic carbocycles. The molecule has 1 aliphatic rings. The average Bonchev–Trinajstić information content (AvgIpc) is 2.29. The highest BCUT2D eigenvalue weighted by Crippen LogP contribution is 2.23. The van der Waals surface area contributed by atoms with E-state index in [4.69, 9.17) is 0 Å². The second-order valence-corrected chi connectivity index (χ2v) is 3.98. The molecule has 1 aliphatic heterocycles. The Hall–Kier alpha value is -0.260. The molecule has 2 N–H and O–H groups in total. The van der Waals surface area contributed by atoms with Crippen LogP contribution in [0.2, 0.25) is 0 Å². The molecule has 98 valence electrons. The van der Waals surface area contributed by atoms with Gasteiger partial charge in [0.25, 0.3) is 0 Å². The van der Waals surface area contributed by atoms with Gasteiger partial charge in [0.2, 0.25) is 0 Å². The Morgan fingerprint density at radius 1 is 1.41 bits per heavy atom. The van der Waals surface area contributed by atoms with Crippen molar-refractivity contribution in [2.75, 3.05) is 24.5 Å². The van der Waals surface area contributed by atoms with Crippen LogP contribution in [0.3, 0.4) is 0 Å². The van der Waals surface area contributed by atoms with Crippen LogP contribution in [0.5, 0.6) is 5.75 Å². The standard InChI is InChI=1S/C12H18N2O.2BrH/c1-2-10-9-13-6-7-14(10)11-4-3-5-12(15)8-11;;/h3-5,8,10,13,15H,2,6-7,9H2,1H3;2*1H. The van der Waals surface area contributed by atoms with Crippen LogP contribution in [0.1, 0.15) is 13.3 Å². The van der Waals surface area contributed by atoms with E-state index in [-0.39, 0.29) is 34.0 Å². The molecule has 1 saturated heterocycles. The molecule has 1 unspecified atom stereocenters. The van der Waals surface area contributed by atoms with Crippen molar-refractivity contribution in [2.24, 2.45) is 0 Å². The van der Waals surface area contributed by atoms with Crippen molar-refractivity contribution in [3.63, 3.8) is 0 Å². The van der Waals surface area contributed by atoms with Crippen LogP contribution in [0.25, 0.3) is 0 Å². The lowest BCUT2D eigenvalue weighted by molar-refractivity contribution is 0.460. The summed E-state index contributed by atoms with van der Waals surface area (Å²) in [4.78, 5) is 2.37. The van der Waals surface area contributed by atoms with E-state index in [0.29, 0.717) is 11.8 Å². The van der Waals surface area contributed by atoms with Gasteiger partial charge in [-0.2, -0.15) is 0 Å². The Labute approximate surface area is 124 Å². The van der Waals surface area contributed by atoms with Gasteiger partial charge in [0, 0.05) is 37.4 Å². The van der Waals surface area contributed by atoms with Crippen LogP contribution in [-0.4, -0.2) is 30.8 Å². The fourth-order valence-corrected chi connectivity index (χ4v) is 2.14. The number of nitrogens with zero attached hydrogens (tertiary/aromatic N) is 1. The molecule has 17 heavy (non-hydrogen) atoms. The lowest BCUT2D eigenvalue weighted by atomic mass is 10.1. The minimum atomic E-state index is 0. The van der Waals surface area contributed by atoms with E-state index in [1.807, 2.05) is 12.1 Å². The van der Waals surface area contributed by atoms with Crippen molar-refractivity contribution in [1.82, 2.24) is 5.32 Å². The summed E-state index contributed by atoms with van der Waals surface area (Å²) in [5.74, 6) is 0.348. The lowest BCUT2D eigenvalue weighted by Crippen LogP contribution is -2.51. The minimum Gasteiger partial charge on any atom is -0.508 e. The highest BCUT2D eigenvalue weighted by Gasteiger charge is 2.20. The van der Waals surface area contributed by atoms with Gasteiger partial charge in [-0.05, 0) is 18.6 Å². The highest BCUT2D eigenvalue weighted by molar-refractivity contribution is 8.93. The topological polar surface area (TPSA) is 35.5 Å². The Balaban J connectivity index is 0.00000128. The third-order valence-corrected chi connectivity index (χ3v) is 2.98. The molecule has 1 atom stereocenters. The molecular formula is C12H20Br2N2O. The summed E-state index contributed by atoms with van der Waals surface area (Å²) in [7, 11) is 0. The van der Waals surface area contributed by atoms with Crippen molar-refractivity contribution < 1.29 is 5.11 Å². The molecule has 1 fully saturated rings. The predicted molar refractivity (Wildman–Crippen MR) is 83.0 cm³/mol. The zero-order chi connectivity index (χ0) is 10.7. The zero-order valence-corrected chi connectivity index (χ0v) is 13.4. The van der Waals surface area contributed by atoms with Crippen LogP contribution in [-0.2, 0) is 0 Å². The second-order valence-electron chi connectivity index (χ2n) is 3.98. The number of rotatable bonds is 2. The molecule has 0 amide bonds. The smallest absolute Gasteiger partial charge is 0.117 e. The van der Waals surface area contributed by atoms with Crippen molar-refractivity contribution in [3.8, 4) is 5.75 Å². The molecule has 0 aliphatic carbocycles. The molecule has 3 nitrogen and oxygen atoms in total. The van der Waals surface area contributed by atoms with Gasteiger partial charge >= 0.3 is 0 Å². The highest BCUT2D eigenvalue weighted by atomic mass is 79.9. The van der Waals surface area contributed by atoms with E-state index in [1.165, 1.54) is 0 Å². The maximum atomic E-state index is 9.46. The van der Waals surface area contributed by atoms with E-state index in [0.717, 1.165) is 31.7 Å². The number of piperazine rings is 1. The van der Waals surface area contributed by atoms with E-state index >= 15 is 0 Å². The number of phenols is 1. The van der Waals surface area contributed by atoms with Gasteiger partial charge in [0.1, 0.15) is 5.75 Å². The summed E-state index contributed by atoms with van der Waals surface area (Å²) in [6.45, 7) is 5.27. The van der Waals surface area contributed by atoms with Crippen LogP contribution in [0, 0.1) is 0 Å². The largest absolute Gasteiger partial charge is 0.508 e. The number of hydrogen-bond donors (Lipinski definition) is 2. The third kappa shape index (κ3) is 4.16. The maximum Gasteiger partial charge on any atom is 0.117 e. The molecule has 1 aromatic rings. The molecule has 2 rings (SSSR count). The quantitative estimate of drug-likeness (QED) is 0.843. The van der Waals surface area contributed by atoms with Crippen molar-refractivity contribution in [2.45, 2.75) is 19.4 Å². The number of hydrogen-bond acceptors (Lipinski definition) is 3. The molecule has 0 bridgehead atoms. The SMILES string of the molecule is Br.Br.CCC1CNCCN1c1cccc(O)c1. The van der Waals surface area contributed by atoms with Crippen LogP contribution >= 0.6 is 34.0 Å². The summed E-state index contributed by atoms with van der Waals surface area (Å²) < 4.78 is 0. The molecule has 1 heterocycles. The summed E-state index contributed by atoms with van der Waals surface area (Å²) in [5, 5.41) is 12.9. The first kappa shape index (κ1) is 16.7. The Kier molecular flexibility index (Phi) is 7.83. The fourth-order valence-electron chi connectivity index (χ4n) is 2.14. The van der Waals surface area contributed by atoms with E-state index < -0.39 is 0 Å². The molecule has 5 heteroatoms. The van der Waals surface area contributed by atoms with E-state index in [1.54, 1.807) is 6.07 Å².